The third-order valence-corrected chi connectivity index (χ3v) is 5.11. The zero-order valence-electron chi connectivity index (χ0n) is 14.5. The van der Waals surface area contributed by atoms with Gasteiger partial charge in [-0.1, -0.05) is 29.9 Å². The van der Waals surface area contributed by atoms with Crippen LogP contribution >= 0.6 is 0 Å². The largest absolute Gasteiger partial charge is 0.454 e. The van der Waals surface area contributed by atoms with Crippen LogP contribution in [0.4, 0.5) is 0 Å². The first kappa shape index (κ1) is 17.2. The van der Waals surface area contributed by atoms with Crippen molar-refractivity contribution >= 4 is 5.97 Å². The van der Waals surface area contributed by atoms with E-state index < -0.39 is 6.29 Å². The van der Waals surface area contributed by atoms with Crippen LogP contribution in [0.15, 0.2) is 47.1 Å². The second kappa shape index (κ2) is 7.08. The maximum absolute atomic E-state index is 12.0. The minimum absolute atomic E-state index is 0.124. The molecule has 0 radical (unpaired) electrons. The van der Waals surface area contributed by atoms with Crippen LogP contribution in [0.5, 0.6) is 0 Å². The molecule has 4 atom stereocenters. The van der Waals surface area contributed by atoms with Crippen molar-refractivity contribution in [1.82, 2.24) is 0 Å². The standard InChI is InChI=1S/C20H26O4/c1-12-5-4-6-15-11-16(23-20(15)22)9-13(2)10-18-17(8-7-12)14(3)19(21)24-18/h5,10-11,16-19,21H,3-4,6-9H2,1-2H3/b12-5+,13-10+. The van der Waals surface area contributed by atoms with Gasteiger partial charge >= 0.3 is 5.97 Å². The zero-order chi connectivity index (χ0) is 17.3. The highest BCUT2D eigenvalue weighted by Gasteiger charge is 2.36. The second-order valence-corrected chi connectivity index (χ2v) is 7.12. The van der Waals surface area contributed by atoms with E-state index in [0.717, 1.165) is 42.4 Å². The Hall–Kier alpha value is -1.65. The van der Waals surface area contributed by atoms with Gasteiger partial charge in [0.05, 0.1) is 6.10 Å². The van der Waals surface area contributed by atoms with Crippen molar-refractivity contribution in [2.45, 2.75) is 64.4 Å². The van der Waals surface area contributed by atoms with E-state index in [1.165, 1.54) is 5.57 Å². The molecular weight excluding hydrogens is 304 g/mol. The van der Waals surface area contributed by atoms with Gasteiger partial charge in [0.1, 0.15) is 6.10 Å². The van der Waals surface area contributed by atoms with Gasteiger partial charge < -0.3 is 14.6 Å². The number of carbonyl (C=O) groups is 1. The fraction of sp³-hybridized carbons (Fsp3) is 0.550. The molecule has 0 aromatic rings. The molecule has 2 bridgehead atoms. The van der Waals surface area contributed by atoms with Crippen molar-refractivity contribution in [1.29, 1.82) is 0 Å². The first-order valence-corrected chi connectivity index (χ1v) is 8.71. The molecule has 2 heterocycles. The summed E-state index contributed by atoms with van der Waals surface area (Å²) in [4.78, 5) is 12.0. The molecule has 0 amide bonds. The molecule has 1 N–H and O–H groups in total. The quantitative estimate of drug-likeness (QED) is 0.545. The molecule has 1 saturated heterocycles. The highest BCUT2D eigenvalue weighted by Crippen LogP contribution is 2.36. The Bertz CT molecular complexity index is 626. The maximum atomic E-state index is 12.0. The van der Waals surface area contributed by atoms with Gasteiger partial charge in [-0.15, -0.1) is 0 Å². The highest BCUT2D eigenvalue weighted by atomic mass is 16.6. The molecule has 4 unspecified atom stereocenters. The summed E-state index contributed by atoms with van der Waals surface area (Å²) in [6.07, 6.45) is 9.05. The summed E-state index contributed by atoms with van der Waals surface area (Å²) in [6.45, 7) is 8.15. The van der Waals surface area contributed by atoms with E-state index in [0.29, 0.717) is 6.42 Å². The van der Waals surface area contributed by atoms with Gasteiger partial charge in [0, 0.05) is 17.9 Å². The Morgan fingerprint density at radius 2 is 2.00 bits per heavy atom. The average Bonchev–Trinajstić information content (AvgIpc) is 2.97. The predicted octanol–water partition coefficient (Wildman–Crippen LogP) is 3.58. The van der Waals surface area contributed by atoms with E-state index in [-0.39, 0.29) is 24.1 Å². The fourth-order valence-corrected chi connectivity index (χ4v) is 3.68. The van der Waals surface area contributed by atoms with Gasteiger partial charge in [-0.25, -0.2) is 4.79 Å². The topological polar surface area (TPSA) is 55.8 Å². The third-order valence-electron chi connectivity index (χ3n) is 5.11. The lowest BCUT2D eigenvalue weighted by molar-refractivity contribution is -0.139. The van der Waals surface area contributed by atoms with Gasteiger partial charge in [-0.2, -0.15) is 0 Å². The Kier molecular flexibility index (Phi) is 5.07. The lowest BCUT2D eigenvalue weighted by atomic mass is 9.88. The molecule has 4 nitrogen and oxygen atoms in total. The predicted molar refractivity (Wildman–Crippen MR) is 92.1 cm³/mol. The summed E-state index contributed by atoms with van der Waals surface area (Å²) in [5.74, 6) is -0.0639. The van der Waals surface area contributed by atoms with Crippen molar-refractivity contribution in [2.24, 2.45) is 5.92 Å². The van der Waals surface area contributed by atoms with Gasteiger partial charge in [0.25, 0.3) is 0 Å². The molecule has 0 spiro atoms. The van der Waals surface area contributed by atoms with Crippen LogP contribution in [0.2, 0.25) is 0 Å². The monoisotopic (exact) mass is 330 g/mol. The van der Waals surface area contributed by atoms with Crippen molar-refractivity contribution in [2.75, 3.05) is 0 Å². The smallest absolute Gasteiger partial charge is 0.334 e. The Morgan fingerprint density at radius 3 is 2.79 bits per heavy atom. The second-order valence-electron chi connectivity index (χ2n) is 7.12. The lowest BCUT2D eigenvalue weighted by Gasteiger charge is -2.17. The average molecular weight is 330 g/mol. The van der Waals surface area contributed by atoms with E-state index in [1.807, 2.05) is 13.0 Å². The van der Waals surface area contributed by atoms with Gasteiger partial charge in [0.15, 0.2) is 6.29 Å². The van der Waals surface area contributed by atoms with Crippen LogP contribution in [0, 0.1) is 5.92 Å². The summed E-state index contributed by atoms with van der Waals surface area (Å²) in [5, 5.41) is 10.0. The molecule has 3 aliphatic rings. The Balaban J connectivity index is 1.85. The lowest BCUT2D eigenvalue weighted by Crippen LogP contribution is -2.16. The number of rotatable bonds is 0. The molecule has 130 valence electrons. The van der Waals surface area contributed by atoms with Gasteiger partial charge in [-0.3, -0.25) is 0 Å². The molecule has 1 aliphatic carbocycles. The number of carbonyl (C=O) groups excluding carboxylic acids is 1. The Morgan fingerprint density at radius 1 is 1.21 bits per heavy atom. The molecule has 0 aromatic heterocycles. The first-order valence-electron chi connectivity index (χ1n) is 8.71. The minimum Gasteiger partial charge on any atom is -0.454 e. The van der Waals surface area contributed by atoms with Crippen molar-refractivity contribution < 1.29 is 19.4 Å². The van der Waals surface area contributed by atoms with Crippen LogP contribution < -0.4 is 0 Å². The molecule has 0 saturated carbocycles. The first-order chi connectivity index (χ1) is 11.4. The normalized spacial score (nSPS) is 39.0. The number of fused-ring (bicyclic) bond motifs is 2. The molecule has 4 heteroatoms. The van der Waals surface area contributed by atoms with Crippen LogP contribution in [0.1, 0.15) is 46.0 Å². The molecular formula is C20H26O4. The molecule has 24 heavy (non-hydrogen) atoms. The number of hydrogen-bond donors (Lipinski definition) is 1. The maximum Gasteiger partial charge on any atom is 0.334 e. The number of aliphatic hydroxyl groups excluding tert-OH is 1. The zero-order valence-corrected chi connectivity index (χ0v) is 14.5. The summed E-state index contributed by atoms with van der Waals surface area (Å²) in [7, 11) is 0. The SMILES string of the molecule is C=C1C(O)OC2/C=C(\C)CC3C=C(CC/C=C(\C)CCC12)C(=O)O3. The molecule has 0 aromatic carbocycles. The Labute approximate surface area is 143 Å². The molecule has 2 aliphatic heterocycles. The van der Waals surface area contributed by atoms with Crippen molar-refractivity contribution in [3.05, 3.63) is 47.1 Å². The summed E-state index contributed by atoms with van der Waals surface area (Å²) < 4.78 is 11.1. The van der Waals surface area contributed by atoms with E-state index in [9.17, 15) is 9.90 Å². The number of ether oxygens (including phenoxy) is 2. The number of aliphatic hydroxyl groups is 1. The number of allylic oxidation sites excluding steroid dienone is 2. The summed E-state index contributed by atoms with van der Waals surface area (Å²) in [6, 6.07) is 0. The highest BCUT2D eigenvalue weighted by molar-refractivity contribution is 5.90. The minimum atomic E-state index is -0.889. The van der Waals surface area contributed by atoms with Crippen LogP contribution in [-0.2, 0) is 14.3 Å². The van der Waals surface area contributed by atoms with Crippen LogP contribution in [0.25, 0.3) is 0 Å². The number of hydrogen-bond acceptors (Lipinski definition) is 4. The van der Waals surface area contributed by atoms with Gasteiger partial charge in [0.2, 0.25) is 0 Å². The van der Waals surface area contributed by atoms with Crippen LogP contribution in [-0.4, -0.2) is 29.6 Å². The number of esters is 1. The summed E-state index contributed by atoms with van der Waals surface area (Å²) >= 11 is 0. The van der Waals surface area contributed by atoms with E-state index in [4.69, 9.17) is 9.47 Å². The van der Waals surface area contributed by atoms with E-state index in [1.54, 1.807) is 0 Å². The van der Waals surface area contributed by atoms with Gasteiger partial charge in [-0.05, 0) is 51.2 Å². The molecule has 3 rings (SSSR count). The summed E-state index contributed by atoms with van der Waals surface area (Å²) in [5.41, 5.74) is 3.95. The fourth-order valence-electron chi connectivity index (χ4n) is 3.68. The van der Waals surface area contributed by atoms with E-state index in [2.05, 4.69) is 25.7 Å². The molecule has 1 fully saturated rings. The van der Waals surface area contributed by atoms with Crippen molar-refractivity contribution in [3.8, 4) is 0 Å². The van der Waals surface area contributed by atoms with Crippen LogP contribution in [0.3, 0.4) is 0 Å². The van der Waals surface area contributed by atoms with E-state index >= 15 is 0 Å². The van der Waals surface area contributed by atoms with Crippen molar-refractivity contribution in [3.63, 3.8) is 0 Å². The third kappa shape index (κ3) is 3.70.